The normalized spacial score (nSPS) is 15.1. The Bertz CT molecular complexity index is 1260. The second kappa shape index (κ2) is 12.4. The first kappa shape index (κ1) is 28.2. The summed E-state index contributed by atoms with van der Waals surface area (Å²) >= 11 is 0. The fourth-order valence-corrected chi connectivity index (χ4v) is 4.99. The smallest absolute Gasteiger partial charge is 0.416 e. The Morgan fingerprint density at radius 3 is 2.26 bits per heavy atom. The van der Waals surface area contributed by atoms with E-state index in [0.717, 1.165) is 55.5 Å². The number of benzene rings is 2. The van der Waals surface area contributed by atoms with Crippen molar-refractivity contribution in [2.45, 2.75) is 57.3 Å². The van der Waals surface area contributed by atoms with Crippen molar-refractivity contribution in [1.29, 1.82) is 0 Å². The second-order valence-corrected chi connectivity index (χ2v) is 9.72. The zero-order valence-electron chi connectivity index (χ0n) is 21.3. The number of furan rings is 1. The van der Waals surface area contributed by atoms with Crippen molar-refractivity contribution in [2.24, 2.45) is 5.92 Å². The van der Waals surface area contributed by atoms with E-state index in [1.807, 2.05) is 0 Å². The van der Waals surface area contributed by atoms with Crippen LogP contribution in [0.4, 0.5) is 18.9 Å². The second-order valence-electron chi connectivity index (χ2n) is 9.72. The molecule has 0 aliphatic heterocycles. The molecule has 1 aliphatic rings. The predicted molar refractivity (Wildman–Crippen MR) is 139 cm³/mol. The van der Waals surface area contributed by atoms with Crippen LogP contribution in [0.25, 0.3) is 11.3 Å². The fraction of sp³-hybridized carbons (Fsp3) is 0.379. The molecule has 0 bridgehead atoms. The Morgan fingerprint density at radius 1 is 1.00 bits per heavy atom. The molecule has 2 aromatic carbocycles. The first-order chi connectivity index (χ1) is 18.7. The highest BCUT2D eigenvalue weighted by molar-refractivity contribution is 5.94. The summed E-state index contributed by atoms with van der Waals surface area (Å²) in [5.74, 6) is -0.404. The summed E-state index contributed by atoms with van der Waals surface area (Å²) in [4.78, 5) is 23.0. The lowest BCUT2D eigenvalue weighted by Crippen LogP contribution is -2.26. The van der Waals surface area contributed by atoms with E-state index in [1.165, 1.54) is 12.1 Å². The van der Waals surface area contributed by atoms with Crippen LogP contribution in [-0.4, -0.2) is 28.6 Å². The molecule has 4 rings (SSSR count). The van der Waals surface area contributed by atoms with Gasteiger partial charge in [-0.3, -0.25) is 9.59 Å². The van der Waals surface area contributed by atoms with Crippen LogP contribution in [-0.2, 0) is 17.6 Å². The van der Waals surface area contributed by atoms with Crippen LogP contribution in [0.5, 0.6) is 0 Å². The Kier molecular flexibility index (Phi) is 8.96. The Hall–Kier alpha value is -3.79. The lowest BCUT2D eigenvalue weighted by molar-refractivity contribution is -0.138. The lowest BCUT2D eigenvalue weighted by Gasteiger charge is -2.31. The summed E-state index contributed by atoms with van der Waals surface area (Å²) < 4.78 is 44.9. The monoisotopic (exact) mass is 544 g/mol. The maximum atomic E-state index is 13.0. The van der Waals surface area contributed by atoms with E-state index in [1.54, 1.807) is 30.3 Å². The fourth-order valence-electron chi connectivity index (χ4n) is 4.99. The third kappa shape index (κ3) is 7.20. The first-order valence-corrected chi connectivity index (χ1v) is 12.9. The molecule has 0 spiro atoms. The Morgan fingerprint density at radius 2 is 1.67 bits per heavy atom. The number of rotatable bonds is 10. The molecule has 208 valence electrons. The van der Waals surface area contributed by atoms with Crippen molar-refractivity contribution in [3.63, 3.8) is 0 Å². The van der Waals surface area contributed by atoms with Gasteiger partial charge in [0.1, 0.15) is 18.1 Å². The minimum atomic E-state index is -4.44. The molecule has 1 amide bonds. The van der Waals surface area contributed by atoms with Crippen LogP contribution in [0.3, 0.4) is 0 Å². The summed E-state index contributed by atoms with van der Waals surface area (Å²) in [6.07, 6.45) is 0.603. The van der Waals surface area contributed by atoms with Gasteiger partial charge in [0, 0.05) is 28.9 Å². The van der Waals surface area contributed by atoms with E-state index in [2.05, 4.69) is 10.6 Å². The topological polar surface area (TPSA) is 112 Å². The standard InChI is InChI=1S/C29H31F3N2O5/c30-29(31,32)21-10-6-18(7-11-21)24-16-23(25(17-35)39-24)27(19-4-2-1-3-5-19)34-22-12-8-20(9-13-22)28(38)33-15-14-26(36)37/h6-13,16,19,27,34-35H,1-5,14-15,17H2,(H,33,38)(H,36,37). The molecule has 1 atom stereocenters. The van der Waals surface area contributed by atoms with Gasteiger partial charge >= 0.3 is 12.1 Å². The van der Waals surface area contributed by atoms with Gasteiger partial charge in [-0.15, -0.1) is 0 Å². The van der Waals surface area contributed by atoms with Crippen molar-refractivity contribution >= 4 is 17.6 Å². The number of alkyl halides is 3. The van der Waals surface area contributed by atoms with Gasteiger partial charge in [0.2, 0.25) is 0 Å². The maximum absolute atomic E-state index is 13.0. The average molecular weight is 545 g/mol. The number of carboxylic acid groups (broad SMARTS) is 1. The van der Waals surface area contributed by atoms with E-state index in [4.69, 9.17) is 9.52 Å². The number of hydrogen-bond acceptors (Lipinski definition) is 5. The van der Waals surface area contributed by atoms with Gasteiger partial charge in [0.05, 0.1) is 18.0 Å². The van der Waals surface area contributed by atoms with Gasteiger partial charge < -0.3 is 25.3 Å². The van der Waals surface area contributed by atoms with E-state index in [9.17, 15) is 27.9 Å². The van der Waals surface area contributed by atoms with Crippen LogP contribution in [0.2, 0.25) is 0 Å². The van der Waals surface area contributed by atoms with Crippen LogP contribution >= 0.6 is 0 Å². The number of amides is 1. The van der Waals surface area contributed by atoms with Crippen molar-refractivity contribution < 1.29 is 37.4 Å². The van der Waals surface area contributed by atoms with Gasteiger partial charge in [-0.25, -0.2) is 0 Å². The Labute approximate surface area is 224 Å². The molecular weight excluding hydrogens is 513 g/mol. The van der Waals surface area contributed by atoms with Crippen molar-refractivity contribution in [2.75, 3.05) is 11.9 Å². The molecule has 39 heavy (non-hydrogen) atoms. The molecule has 1 unspecified atom stereocenters. The van der Waals surface area contributed by atoms with Crippen LogP contribution in [0.15, 0.2) is 59.0 Å². The van der Waals surface area contributed by atoms with Crippen molar-refractivity contribution in [3.05, 3.63) is 77.0 Å². The molecule has 10 heteroatoms. The number of aliphatic hydroxyl groups is 1. The van der Waals surface area contributed by atoms with Crippen LogP contribution in [0, 0.1) is 5.92 Å². The maximum Gasteiger partial charge on any atom is 0.416 e. The number of carboxylic acids is 1. The summed E-state index contributed by atoms with van der Waals surface area (Å²) in [6, 6.07) is 13.1. The number of carbonyl (C=O) groups excluding carboxylic acids is 1. The summed E-state index contributed by atoms with van der Waals surface area (Å²) in [6.45, 7) is -0.333. The predicted octanol–water partition coefficient (Wildman–Crippen LogP) is 6.40. The number of aliphatic hydroxyl groups excluding tert-OH is 1. The SMILES string of the molecule is O=C(O)CCNC(=O)c1ccc(NC(c2cc(-c3ccc(C(F)(F)F)cc3)oc2CO)C2CCCCC2)cc1. The highest BCUT2D eigenvalue weighted by Gasteiger charge is 2.31. The number of carbonyl (C=O) groups is 2. The third-order valence-electron chi connectivity index (χ3n) is 7.03. The average Bonchev–Trinajstić information content (AvgIpc) is 3.36. The molecule has 1 aliphatic carbocycles. The number of halogens is 3. The third-order valence-corrected chi connectivity index (χ3v) is 7.03. The molecule has 0 saturated heterocycles. The van der Waals surface area contributed by atoms with Gasteiger partial charge in [-0.1, -0.05) is 31.4 Å². The first-order valence-electron chi connectivity index (χ1n) is 12.9. The largest absolute Gasteiger partial charge is 0.481 e. The number of aliphatic carboxylic acids is 1. The minimum Gasteiger partial charge on any atom is -0.481 e. The van der Waals surface area contributed by atoms with Gasteiger partial charge in [0.25, 0.3) is 5.91 Å². The summed E-state index contributed by atoms with van der Waals surface area (Å²) in [5, 5.41) is 24.9. The summed E-state index contributed by atoms with van der Waals surface area (Å²) in [7, 11) is 0. The minimum absolute atomic E-state index is 0.0314. The zero-order chi connectivity index (χ0) is 28.0. The molecular formula is C29H31F3N2O5. The number of nitrogens with one attached hydrogen (secondary N) is 2. The zero-order valence-corrected chi connectivity index (χ0v) is 21.3. The molecule has 1 heterocycles. The van der Waals surface area contributed by atoms with E-state index in [-0.39, 0.29) is 37.4 Å². The van der Waals surface area contributed by atoms with Crippen molar-refractivity contribution in [1.82, 2.24) is 5.32 Å². The van der Waals surface area contributed by atoms with Gasteiger partial charge in [-0.05, 0) is 61.2 Å². The summed E-state index contributed by atoms with van der Waals surface area (Å²) in [5.41, 5.74) is 1.61. The Balaban J connectivity index is 1.58. The van der Waals surface area contributed by atoms with Gasteiger partial charge in [0.15, 0.2) is 0 Å². The molecule has 3 aromatic rings. The van der Waals surface area contributed by atoms with E-state index < -0.39 is 17.7 Å². The van der Waals surface area contributed by atoms with E-state index in [0.29, 0.717) is 22.6 Å². The number of hydrogen-bond donors (Lipinski definition) is 4. The molecule has 1 fully saturated rings. The highest BCUT2D eigenvalue weighted by atomic mass is 19.4. The molecule has 1 aromatic heterocycles. The number of anilines is 1. The quantitative estimate of drug-likeness (QED) is 0.235. The highest BCUT2D eigenvalue weighted by Crippen LogP contribution is 2.41. The molecule has 1 saturated carbocycles. The van der Waals surface area contributed by atoms with Crippen LogP contribution in [0.1, 0.15) is 71.8 Å². The molecule has 0 radical (unpaired) electrons. The lowest BCUT2D eigenvalue weighted by atomic mass is 9.81. The molecule has 7 nitrogen and oxygen atoms in total. The van der Waals surface area contributed by atoms with Crippen molar-refractivity contribution in [3.8, 4) is 11.3 Å². The van der Waals surface area contributed by atoms with Crippen LogP contribution < -0.4 is 10.6 Å². The molecule has 4 N–H and O–H groups in total. The van der Waals surface area contributed by atoms with Gasteiger partial charge in [-0.2, -0.15) is 13.2 Å². The van der Waals surface area contributed by atoms with E-state index >= 15 is 0 Å².